The number of hydrogen-bond donors (Lipinski definition) is 1. The maximum Gasteiger partial charge on any atom is 0.230 e. The van der Waals surface area contributed by atoms with E-state index < -0.39 is 0 Å². The Kier molecular flexibility index (Phi) is 6.16. The molecular formula is C19H21ClN4OS. The molecule has 3 aromatic rings. The summed E-state index contributed by atoms with van der Waals surface area (Å²) in [7, 11) is 0. The maximum absolute atomic E-state index is 12.0. The van der Waals surface area contributed by atoms with Gasteiger partial charge < -0.3 is 5.32 Å². The second-order valence-corrected chi connectivity index (χ2v) is 7.82. The van der Waals surface area contributed by atoms with Crippen molar-refractivity contribution in [2.45, 2.75) is 25.3 Å². The number of carbonyl (C=O) groups is 1. The Morgan fingerprint density at radius 2 is 2.08 bits per heavy atom. The van der Waals surface area contributed by atoms with Gasteiger partial charge in [0.15, 0.2) is 0 Å². The fraction of sp³-hybridized carbons (Fsp3) is 0.316. The number of nitrogens with one attached hydrogen (secondary N) is 1. The van der Waals surface area contributed by atoms with Crippen LogP contribution in [0.2, 0.25) is 5.02 Å². The number of amides is 1. The Morgan fingerprint density at radius 1 is 1.31 bits per heavy atom. The van der Waals surface area contributed by atoms with Crippen LogP contribution in [-0.4, -0.2) is 32.8 Å². The van der Waals surface area contributed by atoms with Crippen LogP contribution in [0, 0.1) is 5.92 Å². The topological polar surface area (TPSA) is 59.3 Å². The highest BCUT2D eigenvalue weighted by Crippen LogP contribution is 2.26. The number of fused-ring (bicyclic) bond motifs is 1. The van der Waals surface area contributed by atoms with Crippen LogP contribution < -0.4 is 5.32 Å². The molecule has 0 saturated carbocycles. The molecule has 0 spiro atoms. The van der Waals surface area contributed by atoms with Gasteiger partial charge in [0.2, 0.25) is 5.91 Å². The molecule has 0 aliphatic heterocycles. The summed E-state index contributed by atoms with van der Waals surface area (Å²) in [6.07, 6.45) is 4.49. The van der Waals surface area contributed by atoms with E-state index >= 15 is 0 Å². The van der Waals surface area contributed by atoms with E-state index in [1.54, 1.807) is 10.7 Å². The fourth-order valence-electron chi connectivity index (χ4n) is 2.46. The molecule has 0 fully saturated rings. The molecule has 0 bridgehead atoms. The van der Waals surface area contributed by atoms with Gasteiger partial charge in [-0.25, -0.2) is 9.50 Å². The summed E-state index contributed by atoms with van der Waals surface area (Å²) in [5.41, 5.74) is 2.72. The standard InChI is InChI=1S/C19H21ClN4OS/c1-13(2)7-8-21-18(25)12-26-19-17-11-16(23-24(17)10-9-22-19)14-3-5-15(20)6-4-14/h3-6,9-11,13H,7-8,12H2,1-2H3,(H,21,25). The number of rotatable bonds is 7. The first-order chi connectivity index (χ1) is 12.5. The molecule has 1 aromatic carbocycles. The largest absolute Gasteiger partial charge is 0.355 e. The zero-order valence-corrected chi connectivity index (χ0v) is 16.3. The minimum Gasteiger partial charge on any atom is -0.355 e. The summed E-state index contributed by atoms with van der Waals surface area (Å²) < 4.78 is 1.79. The summed E-state index contributed by atoms with van der Waals surface area (Å²) in [5.74, 6) is 0.944. The fourth-order valence-corrected chi connectivity index (χ4v) is 3.39. The Morgan fingerprint density at radius 3 is 2.81 bits per heavy atom. The summed E-state index contributed by atoms with van der Waals surface area (Å²) in [6, 6.07) is 9.54. The van der Waals surface area contributed by atoms with Crippen LogP contribution in [0.5, 0.6) is 0 Å². The number of halogens is 1. The highest BCUT2D eigenvalue weighted by Gasteiger charge is 2.11. The second-order valence-electron chi connectivity index (χ2n) is 6.42. The SMILES string of the molecule is CC(C)CCNC(=O)CSc1nccn2nc(-c3ccc(Cl)cc3)cc12. The number of benzene rings is 1. The van der Waals surface area contributed by atoms with E-state index in [0.717, 1.165) is 28.2 Å². The molecule has 5 nitrogen and oxygen atoms in total. The summed E-state index contributed by atoms with van der Waals surface area (Å²) in [4.78, 5) is 16.4. The third-order valence-corrected chi connectivity index (χ3v) is 5.12. The average molecular weight is 389 g/mol. The van der Waals surface area contributed by atoms with Crippen LogP contribution >= 0.6 is 23.4 Å². The molecule has 2 aromatic heterocycles. The van der Waals surface area contributed by atoms with Crippen molar-refractivity contribution in [1.29, 1.82) is 0 Å². The Bertz CT molecular complexity index is 892. The van der Waals surface area contributed by atoms with Crippen LogP contribution in [0.25, 0.3) is 16.8 Å². The molecule has 0 unspecified atom stereocenters. The zero-order valence-electron chi connectivity index (χ0n) is 14.8. The predicted molar refractivity (Wildman–Crippen MR) is 107 cm³/mol. The van der Waals surface area contributed by atoms with Gasteiger partial charge in [-0.15, -0.1) is 0 Å². The summed E-state index contributed by atoms with van der Waals surface area (Å²) in [5, 5.41) is 9.02. The van der Waals surface area contributed by atoms with Crippen molar-refractivity contribution in [1.82, 2.24) is 19.9 Å². The van der Waals surface area contributed by atoms with E-state index in [-0.39, 0.29) is 5.91 Å². The lowest BCUT2D eigenvalue weighted by molar-refractivity contribution is -0.118. The lowest BCUT2D eigenvalue weighted by Crippen LogP contribution is -2.26. The minimum atomic E-state index is 0.0249. The first-order valence-corrected chi connectivity index (χ1v) is 9.89. The molecule has 1 amide bonds. The van der Waals surface area contributed by atoms with Gasteiger partial charge in [-0.1, -0.05) is 49.3 Å². The van der Waals surface area contributed by atoms with Gasteiger partial charge in [0.25, 0.3) is 0 Å². The third-order valence-electron chi connectivity index (χ3n) is 3.88. The molecular weight excluding hydrogens is 368 g/mol. The van der Waals surface area contributed by atoms with E-state index in [0.29, 0.717) is 23.2 Å². The quantitative estimate of drug-likeness (QED) is 0.613. The van der Waals surface area contributed by atoms with Crippen molar-refractivity contribution in [3.63, 3.8) is 0 Å². The zero-order chi connectivity index (χ0) is 18.5. The van der Waals surface area contributed by atoms with Gasteiger partial charge in [-0.05, 0) is 30.5 Å². The molecule has 136 valence electrons. The van der Waals surface area contributed by atoms with E-state index in [1.165, 1.54) is 11.8 Å². The molecule has 1 N–H and O–H groups in total. The molecule has 26 heavy (non-hydrogen) atoms. The maximum atomic E-state index is 12.0. The van der Waals surface area contributed by atoms with Gasteiger partial charge >= 0.3 is 0 Å². The normalized spacial score (nSPS) is 11.2. The second kappa shape index (κ2) is 8.56. The lowest BCUT2D eigenvalue weighted by Gasteiger charge is -2.07. The molecule has 0 aliphatic carbocycles. The van der Waals surface area contributed by atoms with Crippen LogP contribution in [0.3, 0.4) is 0 Å². The highest BCUT2D eigenvalue weighted by molar-refractivity contribution is 8.00. The molecule has 0 atom stereocenters. The monoisotopic (exact) mass is 388 g/mol. The smallest absolute Gasteiger partial charge is 0.230 e. The highest BCUT2D eigenvalue weighted by atomic mass is 35.5. The average Bonchev–Trinajstić information content (AvgIpc) is 3.05. The Hall–Kier alpha value is -2.05. The van der Waals surface area contributed by atoms with Crippen molar-refractivity contribution in [3.8, 4) is 11.3 Å². The van der Waals surface area contributed by atoms with Crippen LogP contribution in [-0.2, 0) is 4.79 Å². The number of nitrogens with zero attached hydrogens (tertiary/aromatic N) is 3. The van der Waals surface area contributed by atoms with E-state index in [4.69, 9.17) is 11.6 Å². The summed E-state index contributed by atoms with van der Waals surface area (Å²) >= 11 is 7.37. The minimum absolute atomic E-state index is 0.0249. The van der Waals surface area contributed by atoms with Crippen molar-refractivity contribution >= 4 is 34.8 Å². The number of carbonyl (C=O) groups excluding carboxylic acids is 1. The van der Waals surface area contributed by atoms with E-state index in [9.17, 15) is 4.79 Å². The van der Waals surface area contributed by atoms with Crippen molar-refractivity contribution < 1.29 is 4.79 Å². The molecule has 0 saturated heterocycles. The predicted octanol–water partition coefficient (Wildman–Crippen LogP) is 4.30. The van der Waals surface area contributed by atoms with Crippen molar-refractivity contribution in [2.24, 2.45) is 5.92 Å². The van der Waals surface area contributed by atoms with Crippen LogP contribution in [0.15, 0.2) is 47.8 Å². The van der Waals surface area contributed by atoms with Crippen LogP contribution in [0.4, 0.5) is 0 Å². The van der Waals surface area contributed by atoms with Gasteiger partial charge in [0.05, 0.1) is 17.0 Å². The third kappa shape index (κ3) is 4.77. The first kappa shape index (κ1) is 18.7. The van der Waals surface area contributed by atoms with Gasteiger partial charge in [-0.3, -0.25) is 4.79 Å². The molecule has 7 heteroatoms. The number of thioether (sulfide) groups is 1. The first-order valence-electron chi connectivity index (χ1n) is 8.53. The summed E-state index contributed by atoms with van der Waals surface area (Å²) in [6.45, 7) is 4.99. The number of hydrogen-bond acceptors (Lipinski definition) is 4. The van der Waals surface area contributed by atoms with E-state index in [2.05, 4.69) is 29.2 Å². The molecule has 3 rings (SSSR count). The van der Waals surface area contributed by atoms with Crippen molar-refractivity contribution in [2.75, 3.05) is 12.3 Å². The van der Waals surface area contributed by atoms with E-state index in [1.807, 2.05) is 36.5 Å². The lowest BCUT2D eigenvalue weighted by atomic mass is 10.1. The van der Waals surface area contributed by atoms with Gasteiger partial charge in [0, 0.05) is 29.5 Å². The number of aromatic nitrogens is 3. The molecule has 2 heterocycles. The molecule has 0 aliphatic rings. The molecule has 0 radical (unpaired) electrons. The van der Waals surface area contributed by atoms with Crippen molar-refractivity contribution in [3.05, 3.63) is 47.7 Å². The van der Waals surface area contributed by atoms with Gasteiger partial charge in [0.1, 0.15) is 5.03 Å². The van der Waals surface area contributed by atoms with Gasteiger partial charge in [-0.2, -0.15) is 5.10 Å². The Labute approximate surface area is 162 Å². The Balaban J connectivity index is 1.71. The van der Waals surface area contributed by atoms with Crippen LogP contribution in [0.1, 0.15) is 20.3 Å².